The zero-order chi connectivity index (χ0) is 21.2. The second kappa shape index (κ2) is 11.6. The highest BCUT2D eigenvalue weighted by molar-refractivity contribution is 5.75. The van der Waals surface area contributed by atoms with Crippen molar-refractivity contribution in [3.05, 3.63) is 59.9 Å². The van der Waals surface area contributed by atoms with E-state index in [2.05, 4.69) is 46.3 Å². The minimum absolute atomic E-state index is 0.0436. The molecule has 3 rings (SSSR count). The van der Waals surface area contributed by atoms with Crippen molar-refractivity contribution in [3.8, 4) is 5.75 Å². The highest BCUT2D eigenvalue weighted by Gasteiger charge is 2.16. The number of nitrogens with zero attached hydrogens (tertiary/aromatic N) is 2. The number of ether oxygens (including phenoxy) is 1. The first kappa shape index (κ1) is 22.1. The number of halogens is 1. The van der Waals surface area contributed by atoms with Crippen LogP contribution in [0.15, 0.2) is 48.5 Å². The molecule has 0 spiro atoms. The van der Waals surface area contributed by atoms with Crippen molar-refractivity contribution in [1.29, 1.82) is 0 Å². The van der Waals surface area contributed by atoms with E-state index in [0.29, 0.717) is 31.7 Å². The third-order valence-electron chi connectivity index (χ3n) is 5.33. The van der Waals surface area contributed by atoms with Crippen molar-refractivity contribution in [2.24, 2.45) is 0 Å². The summed E-state index contributed by atoms with van der Waals surface area (Å²) < 4.78 is 18.5. The van der Waals surface area contributed by atoms with Crippen LogP contribution >= 0.6 is 0 Å². The fourth-order valence-corrected chi connectivity index (χ4v) is 3.65. The molecular weight excluding hydrogens is 381 g/mol. The summed E-state index contributed by atoms with van der Waals surface area (Å²) in [5.41, 5.74) is 2.61. The van der Waals surface area contributed by atoms with Gasteiger partial charge in [-0.1, -0.05) is 18.2 Å². The van der Waals surface area contributed by atoms with E-state index in [1.807, 2.05) is 0 Å². The van der Waals surface area contributed by atoms with E-state index in [1.54, 1.807) is 12.1 Å². The van der Waals surface area contributed by atoms with Crippen molar-refractivity contribution in [2.75, 3.05) is 50.8 Å². The third kappa shape index (κ3) is 7.34. The molecule has 1 aliphatic rings. The molecule has 1 fully saturated rings. The topological polar surface area (TPSA) is 44.8 Å². The van der Waals surface area contributed by atoms with Crippen LogP contribution in [0.2, 0.25) is 0 Å². The SMILES string of the molecule is Cc1cccc(N2CCN(CCCNC(=O)CCCOc3cccc(F)c3)CC2)c1. The summed E-state index contributed by atoms with van der Waals surface area (Å²) in [5, 5.41) is 2.98. The summed E-state index contributed by atoms with van der Waals surface area (Å²) in [6.07, 6.45) is 1.99. The maximum absolute atomic E-state index is 13.1. The van der Waals surface area contributed by atoms with E-state index >= 15 is 0 Å². The molecule has 0 atom stereocenters. The van der Waals surface area contributed by atoms with Crippen molar-refractivity contribution in [1.82, 2.24) is 10.2 Å². The van der Waals surface area contributed by atoms with Gasteiger partial charge in [-0.25, -0.2) is 4.39 Å². The van der Waals surface area contributed by atoms with E-state index in [0.717, 1.165) is 39.1 Å². The van der Waals surface area contributed by atoms with Gasteiger partial charge in [-0.05, 0) is 56.1 Å². The molecule has 1 amide bonds. The lowest BCUT2D eigenvalue weighted by Gasteiger charge is -2.36. The van der Waals surface area contributed by atoms with Gasteiger partial charge in [-0.15, -0.1) is 0 Å². The molecule has 2 aromatic carbocycles. The Morgan fingerprint density at radius 2 is 1.87 bits per heavy atom. The van der Waals surface area contributed by atoms with E-state index in [1.165, 1.54) is 23.4 Å². The molecule has 0 bridgehead atoms. The molecule has 1 aliphatic heterocycles. The van der Waals surface area contributed by atoms with Crippen molar-refractivity contribution < 1.29 is 13.9 Å². The van der Waals surface area contributed by atoms with Crippen LogP contribution in [0.5, 0.6) is 5.75 Å². The first-order chi connectivity index (χ1) is 14.6. The monoisotopic (exact) mass is 413 g/mol. The van der Waals surface area contributed by atoms with Crippen molar-refractivity contribution in [2.45, 2.75) is 26.2 Å². The lowest BCUT2D eigenvalue weighted by molar-refractivity contribution is -0.121. The van der Waals surface area contributed by atoms with Crippen LogP contribution in [0.3, 0.4) is 0 Å². The Morgan fingerprint density at radius 1 is 1.07 bits per heavy atom. The summed E-state index contributed by atoms with van der Waals surface area (Å²) in [6, 6.07) is 14.7. The summed E-state index contributed by atoms with van der Waals surface area (Å²) in [4.78, 5) is 16.8. The fourth-order valence-electron chi connectivity index (χ4n) is 3.65. The lowest BCUT2D eigenvalue weighted by Crippen LogP contribution is -2.47. The Morgan fingerprint density at radius 3 is 2.63 bits per heavy atom. The normalized spacial score (nSPS) is 14.5. The van der Waals surface area contributed by atoms with Crippen LogP contribution in [0, 0.1) is 12.7 Å². The summed E-state index contributed by atoms with van der Waals surface area (Å²) in [6.45, 7) is 8.43. The summed E-state index contributed by atoms with van der Waals surface area (Å²) in [7, 11) is 0. The Bertz CT molecular complexity index is 807. The second-order valence-corrected chi connectivity index (χ2v) is 7.78. The zero-order valence-corrected chi connectivity index (χ0v) is 17.8. The smallest absolute Gasteiger partial charge is 0.220 e. The number of carbonyl (C=O) groups is 1. The van der Waals surface area contributed by atoms with Crippen LogP contribution < -0.4 is 15.0 Å². The number of carbonyl (C=O) groups excluding carboxylic acids is 1. The molecule has 0 radical (unpaired) electrons. The summed E-state index contributed by atoms with van der Waals surface area (Å²) in [5.74, 6) is 0.224. The average Bonchev–Trinajstić information content (AvgIpc) is 2.75. The highest BCUT2D eigenvalue weighted by Crippen LogP contribution is 2.17. The molecule has 2 aromatic rings. The average molecular weight is 414 g/mol. The van der Waals surface area contributed by atoms with E-state index in [4.69, 9.17) is 4.74 Å². The van der Waals surface area contributed by atoms with Crippen LogP contribution in [0.25, 0.3) is 0 Å². The molecule has 6 heteroatoms. The fraction of sp³-hybridized carbons (Fsp3) is 0.458. The Balaban J connectivity index is 1.22. The first-order valence-corrected chi connectivity index (χ1v) is 10.8. The van der Waals surface area contributed by atoms with E-state index in [-0.39, 0.29) is 11.7 Å². The zero-order valence-electron chi connectivity index (χ0n) is 17.8. The summed E-state index contributed by atoms with van der Waals surface area (Å²) >= 11 is 0. The maximum atomic E-state index is 13.1. The van der Waals surface area contributed by atoms with Gasteiger partial charge < -0.3 is 15.0 Å². The second-order valence-electron chi connectivity index (χ2n) is 7.78. The standard InChI is InChI=1S/C24H32FN3O2/c1-20-6-2-8-22(18-20)28-15-13-27(14-16-28)12-5-11-26-24(29)10-4-17-30-23-9-3-7-21(25)19-23/h2-3,6-9,18-19H,4-5,10-17H2,1H3,(H,26,29). The number of hydrogen-bond acceptors (Lipinski definition) is 4. The largest absolute Gasteiger partial charge is 0.493 e. The van der Waals surface area contributed by atoms with Gasteiger partial charge in [0.15, 0.2) is 0 Å². The molecule has 0 aromatic heterocycles. The molecule has 0 unspecified atom stereocenters. The molecule has 0 aliphatic carbocycles. The molecule has 0 saturated carbocycles. The number of benzene rings is 2. The number of nitrogens with one attached hydrogen (secondary N) is 1. The molecule has 162 valence electrons. The van der Waals surface area contributed by atoms with Crippen molar-refractivity contribution >= 4 is 11.6 Å². The van der Waals surface area contributed by atoms with Gasteiger partial charge in [0.25, 0.3) is 0 Å². The first-order valence-electron chi connectivity index (χ1n) is 10.8. The number of hydrogen-bond donors (Lipinski definition) is 1. The number of amides is 1. The predicted octanol–water partition coefficient (Wildman–Crippen LogP) is 3.62. The Hall–Kier alpha value is -2.60. The molecule has 1 saturated heterocycles. The van der Waals surface area contributed by atoms with E-state index in [9.17, 15) is 9.18 Å². The van der Waals surface area contributed by atoms with Crippen LogP contribution in [-0.4, -0.2) is 56.7 Å². The van der Waals surface area contributed by atoms with Gasteiger partial charge in [0.05, 0.1) is 6.61 Å². The minimum Gasteiger partial charge on any atom is -0.493 e. The lowest BCUT2D eigenvalue weighted by atomic mass is 10.2. The van der Waals surface area contributed by atoms with Crippen molar-refractivity contribution in [3.63, 3.8) is 0 Å². The molecule has 1 N–H and O–H groups in total. The van der Waals surface area contributed by atoms with Crippen LogP contribution in [-0.2, 0) is 4.79 Å². The number of aryl methyl sites for hydroxylation is 1. The quantitative estimate of drug-likeness (QED) is 0.605. The predicted molar refractivity (Wildman–Crippen MR) is 119 cm³/mol. The highest BCUT2D eigenvalue weighted by atomic mass is 19.1. The molecular formula is C24H32FN3O2. The molecule has 30 heavy (non-hydrogen) atoms. The van der Waals surface area contributed by atoms with E-state index < -0.39 is 0 Å². The maximum Gasteiger partial charge on any atom is 0.220 e. The van der Waals surface area contributed by atoms with Gasteiger partial charge in [0.1, 0.15) is 11.6 Å². The molecule has 1 heterocycles. The third-order valence-corrected chi connectivity index (χ3v) is 5.33. The number of anilines is 1. The van der Waals surface area contributed by atoms with Crippen LogP contribution in [0.4, 0.5) is 10.1 Å². The molecule has 5 nitrogen and oxygen atoms in total. The Labute approximate surface area is 178 Å². The number of rotatable bonds is 10. The van der Waals surface area contributed by atoms with Crippen LogP contribution in [0.1, 0.15) is 24.8 Å². The van der Waals surface area contributed by atoms with Gasteiger partial charge in [0, 0.05) is 50.9 Å². The van der Waals surface area contributed by atoms with Gasteiger partial charge in [-0.3, -0.25) is 9.69 Å². The number of piperazine rings is 1. The Kier molecular flexibility index (Phi) is 8.51. The van der Waals surface area contributed by atoms with Gasteiger partial charge >= 0.3 is 0 Å². The minimum atomic E-state index is -0.318. The van der Waals surface area contributed by atoms with Gasteiger partial charge in [-0.2, -0.15) is 0 Å². The van der Waals surface area contributed by atoms with Gasteiger partial charge in [0.2, 0.25) is 5.91 Å².